The lowest BCUT2D eigenvalue weighted by Gasteiger charge is -2.35. The number of nitrogen functional groups attached to an aromatic ring is 1. The zero-order valence-electron chi connectivity index (χ0n) is 23.9. The van der Waals surface area contributed by atoms with E-state index in [4.69, 9.17) is 10.5 Å². The number of alkyl halides is 4. The van der Waals surface area contributed by atoms with E-state index in [1.54, 1.807) is 0 Å². The molecule has 2 aromatic heterocycles. The molecule has 238 valence electrons. The summed E-state index contributed by atoms with van der Waals surface area (Å²) in [4.78, 5) is 16.9. The molecule has 15 heteroatoms. The second-order valence-electron chi connectivity index (χ2n) is 12.6. The molecule has 4 aromatic rings. The molecule has 4 fully saturated rings. The largest absolute Gasteiger partial charge is 0.461 e. The lowest BCUT2D eigenvalue weighted by molar-refractivity contribution is -0.137. The highest BCUT2D eigenvalue weighted by molar-refractivity contribution is 7.22. The number of thiazole rings is 1. The summed E-state index contributed by atoms with van der Waals surface area (Å²) in [5.41, 5.74) is 2.39. The smallest absolute Gasteiger partial charge is 0.417 e. The quantitative estimate of drug-likeness (QED) is 0.267. The van der Waals surface area contributed by atoms with Crippen LogP contribution in [0.3, 0.4) is 0 Å². The number of nitrogens with two attached hydrogens (primary N) is 1. The van der Waals surface area contributed by atoms with Crippen LogP contribution < -0.4 is 20.7 Å². The number of benzene rings is 2. The Balaban J connectivity index is 1.32. The number of nitrogens with one attached hydrogen (secondary N) is 1. The van der Waals surface area contributed by atoms with Crippen molar-refractivity contribution in [3.63, 3.8) is 0 Å². The van der Waals surface area contributed by atoms with E-state index in [1.807, 2.05) is 4.90 Å². The normalized spacial score (nSPS) is 26.8. The van der Waals surface area contributed by atoms with Crippen molar-refractivity contribution in [2.45, 2.75) is 62.1 Å². The molecule has 2 aromatic carbocycles. The molecule has 6 heterocycles. The molecule has 0 amide bonds. The van der Waals surface area contributed by atoms with Gasteiger partial charge in [-0.15, -0.1) is 0 Å². The molecule has 4 aliphatic heterocycles. The predicted molar refractivity (Wildman–Crippen MR) is 158 cm³/mol. The third-order valence-electron chi connectivity index (χ3n) is 9.72. The summed E-state index contributed by atoms with van der Waals surface area (Å²) in [6, 6.07) is 2.94. The summed E-state index contributed by atoms with van der Waals surface area (Å²) in [7, 11) is 0. The van der Waals surface area contributed by atoms with Gasteiger partial charge in [-0.3, -0.25) is 4.90 Å². The van der Waals surface area contributed by atoms with Gasteiger partial charge >= 0.3 is 12.2 Å². The molecule has 0 spiro atoms. The van der Waals surface area contributed by atoms with Crippen molar-refractivity contribution in [2.24, 2.45) is 0 Å². The van der Waals surface area contributed by atoms with Crippen LogP contribution in [0.15, 0.2) is 18.2 Å². The van der Waals surface area contributed by atoms with E-state index in [9.17, 15) is 22.0 Å². The van der Waals surface area contributed by atoms with Crippen molar-refractivity contribution in [2.75, 3.05) is 43.4 Å². The zero-order valence-corrected chi connectivity index (χ0v) is 24.7. The van der Waals surface area contributed by atoms with Gasteiger partial charge in [0.1, 0.15) is 29.9 Å². The molecule has 4 atom stereocenters. The standard InChI is InChI=1S/C30H29F6N7OS/c31-14-9-29(6-1-7-43(29)10-14)13-44-28-40-23-18(26(41-28)42-11-15-2-3-16(12-42)38-15)8-19(30(34,35)36)21(22(23)33)17-4-5-20(32)25-24(17)39-27(37)45-25/h4-5,8,14-16,38H,1-3,6-7,9-13H2,(H2,37,39)/t14-,15+,16+,29+/m1/s1. The number of halogens is 6. The summed E-state index contributed by atoms with van der Waals surface area (Å²) >= 11 is 0.765. The van der Waals surface area contributed by atoms with Crippen LogP contribution in [0.5, 0.6) is 6.01 Å². The summed E-state index contributed by atoms with van der Waals surface area (Å²) in [5, 5.41) is 3.31. The van der Waals surface area contributed by atoms with E-state index >= 15 is 4.39 Å². The molecule has 0 saturated carbocycles. The molecular formula is C30H29F6N7OS. The number of hydrogen-bond donors (Lipinski definition) is 2. The highest BCUT2D eigenvalue weighted by Gasteiger charge is 2.49. The number of fused-ring (bicyclic) bond motifs is 5. The fourth-order valence-electron chi connectivity index (χ4n) is 7.79. The van der Waals surface area contributed by atoms with Crippen LogP contribution in [0.2, 0.25) is 0 Å². The van der Waals surface area contributed by atoms with Gasteiger partial charge in [0.05, 0.1) is 21.3 Å². The van der Waals surface area contributed by atoms with Crippen molar-refractivity contribution in [1.82, 2.24) is 25.2 Å². The molecule has 8 nitrogen and oxygen atoms in total. The summed E-state index contributed by atoms with van der Waals surface area (Å²) in [6.45, 7) is 2.04. The molecule has 8 rings (SSSR count). The Labute approximate surface area is 257 Å². The van der Waals surface area contributed by atoms with Crippen LogP contribution >= 0.6 is 11.3 Å². The molecule has 3 N–H and O–H groups in total. The van der Waals surface area contributed by atoms with Gasteiger partial charge in [0.2, 0.25) is 0 Å². The Hall–Kier alpha value is -3.43. The number of anilines is 2. The first kappa shape index (κ1) is 29.0. The van der Waals surface area contributed by atoms with E-state index in [0.717, 1.165) is 61.8 Å². The highest BCUT2D eigenvalue weighted by Crippen LogP contribution is 2.47. The number of ether oxygens (including phenoxy) is 1. The molecule has 45 heavy (non-hydrogen) atoms. The maximum absolute atomic E-state index is 16.8. The van der Waals surface area contributed by atoms with Crippen molar-refractivity contribution < 1.29 is 31.1 Å². The van der Waals surface area contributed by atoms with Gasteiger partial charge in [0.15, 0.2) is 10.9 Å². The minimum atomic E-state index is -4.99. The average molecular weight is 650 g/mol. The van der Waals surface area contributed by atoms with Crippen LogP contribution in [0, 0.1) is 11.6 Å². The SMILES string of the molecule is Nc1nc2c(-c3c(C(F)(F)F)cc4c(N5C[C@@H]6CC[C@@H](C5)N6)nc(OC[C@@]56CCCN5C[C@H](F)C6)nc4c3F)ccc(F)c2s1. The first-order chi connectivity index (χ1) is 21.5. The number of rotatable bonds is 5. The fourth-order valence-corrected chi connectivity index (χ4v) is 8.56. The molecule has 0 aliphatic carbocycles. The lowest BCUT2D eigenvalue weighted by Crippen LogP contribution is -2.51. The van der Waals surface area contributed by atoms with Crippen molar-refractivity contribution in [3.05, 3.63) is 35.4 Å². The van der Waals surface area contributed by atoms with Crippen molar-refractivity contribution in [3.8, 4) is 17.1 Å². The molecule has 2 bridgehead atoms. The molecular weight excluding hydrogens is 620 g/mol. The minimum Gasteiger partial charge on any atom is -0.461 e. The third-order valence-corrected chi connectivity index (χ3v) is 10.6. The fraction of sp³-hybridized carbons (Fsp3) is 0.500. The van der Waals surface area contributed by atoms with E-state index in [2.05, 4.69) is 25.2 Å². The maximum Gasteiger partial charge on any atom is 0.417 e. The van der Waals surface area contributed by atoms with Crippen LogP contribution in [-0.4, -0.2) is 76.4 Å². The van der Waals surface area contributed by atoms with Crippen LogP contribution in [0.1, 0.15) is 37.7 Å². The van der Waals surface area contributed by atoms with Crippen molar-refractivity contribution in [1.29, 1.82) is 0 Å². The van der Waals surface area contributed by atoms with E-state index in [-0.39, 0.29) is 62.3 Å². The number of nitrogens with zero attached hydrogens (tertiary/aromatic N) is 5. The Morgan fingerprint density at radius 3 is 2.60 bits per heavy atom. The number of piperazine rings is 1. The summed E-state index contributed by atoms with van der Waals surface area (Å²) in [6.07, 6.45) is -2.28. The van der Waals surface area contributed by atoms with Gasteiger partial charge in [0.25, 0.3) is 0 Å². The Kier molecular flexibility index (Phi) is 6.63. The predicted octanol–water partition coefficient (Wildman–Crippen LogP) is 5.68. The van der Waals surface area contributed by atoms with Gasteiger partial charge in [-0.1, -0.05) is 11.3 Å². The minimum absolute atomic E-state index is 0.0664. The average Bonchev–Trinajstić information content (AvgIpc) is 3.73. The highest BCUT2D eigenvalue weighted by atomic mass is 32.1. The Morgan fingerprint density at radius 2 is 1.84 bits per heavy atom. The second-order valence-corrected chi connectivity index (χ2v) is 13.6. The second kappa shape index (κ2) is 10.3. The zero-order chi connectivity index (χ0) is 31.2. The summed E-state index contributed by atoms with van der Waals surface area (Å²) in [5.74, 6) is -1.84. The number of aromatic nitrogens is 3. The Morgan fingerprint density at radius 1 is 1.07 bits per heavy atom. The first-order valence-electron chi connectivity index (χ1n) is 15.0. The van der Waals surface area contributed by atoms with Gasteiger partial charge in [0, 0.05) is 54.7 Å². The number of hydrogen-bond acceptors (Lipinski definition) is 9. The Bertz CT molecular complexity index is 1820. The topological polar surface area (TPSA) is 92.4 Å². The van der Waals surface area contributed by atoms with Gasteiger partial charge in [-0.25, -0.2) is 18.2 Å². The van der Waals surface area contributed by atoms with Crippen molar-refractivity contribution >= 4 is 43.4 Å². The van der Waals surface area contributed by atoms with Crippen LogP contribution in [0.4, 0.5) is 37.3 Å². The summed E-state index contributed by atoms with van der Waals surface area (Å²) < 4.78 is 96.1. The molecule has 4 aliphatic rings. The lowest BCUT2D eigenvalue weighted by atomic mass is 9.95. The van der Waals surface area contributed by atoms with Gasteiger partial charge in [-0.2, -0.15) is 23.1 Å². The maximum atomic E-state index is 16.8. The molecule has 0 unspecified atom stereocenters. The molecule has 0 radical (unpaired) electrons. The monoisotopic (exact) mass is 649 g/mol. The molecule has 4 saturated heterocycles. The van der Waals surface area contributed by atoms with Crippen LogP contribution in [0.25, 0.3) is 32.2 Å². The van der Waals surface area contributed by atoms with E-state index < -0.39 is 40.6 Å². The van der Waals surface area contributed by atoms with Crippen LogP contribution in [-0.2, 0) is 6.18 Å². The first-order valence-corrected chi connectivity index (χ1v) is 15.8. The van der Waals surface area contributed by atoms with Gasteiger partial charge in [-0.05, 0) is 50.4 Å². The van der Waals surface area contributed by atoms with Gasteiger partial charge < -0.3 is 20.7 Å². The third kappa shape index (κ3) is 4.76. The van der Waals surface area contributed by atoms with E-state index in [0.29, 0.717) is 26.1 Å². The van der Waals surface area contributed by atoms with E-state index in [1.165, 1.54) is 0 Å².